The van der Waals surface area contributed by atoms with Crippen molar-refractivity contribution in [2.24, 2.45) is 0 Å². The van der Waals surface area contributed by atoms with Crippen molar-refractivity contribution in [1.82, 2.24) is 0 Å². The van der Waals surface area contributed by atoms with Gasteiger partial charge < -0.3 is 20.1 Å². The smallest absolute Gasteiger partial charge is 0.400 e. The van der Waals surface area contributed by atoms with Gasteiger partial charge in [0, 0.05) is 5.69 Å². The van der Waals surface area contributed by atoms with E-state index >= 15 is 0 Å². The fraction of sp³-hybridized carbons (Fsp3) is 0.500. The van der Waals surface area contributed by atoms with E-state index in [0.29, 0.717) is 11.2 Å². The van der Waals surface area contributed by atoms with E-state index in [4.69, 9.17) is 15.0 Å². The minimum Gasteiger partial charge on any atom is -0.400 e. The lowest BCUT2D eigenvalue weighted by atomic mass is 9.77. The Morgan fingerprint density at radius 3 is 2.29 bits per heavy atom. The highest BCUT2D eigenvalue weighted by atomic mass is 16.7. The van der Waals surface area contributed by atoms with E-state index in [9.17, 15) is 5.11 Å². The average molecular weight is 289 g/mol. The van der Waals surface area contributed by atoms with E-state index in [2.05, 4.69) is 0 Å². The Morgan fingerprint density at radius 1 is 1.24 bits per heavy atom. The summed E-state index contributed by atoms with van der Waals surface area (Å²) < 4.78 is 12.0. The molecule has 0 aromatic heterocycles. The molecule has 3 N–H and O–H groups in total. The molecule has 1 fully saturated rings. The summed E-state index contributed by atoms with van der Waals surface area (Å²) in [5.74, 6) is 0. The third-order valence-electron chi connectivity index (χ3n) is 4.43. The van der Waals surface area contributed by atoms with Crippen molar-refractivity contribution in [1.29, 1.82) is 0 Å². The lowest BCUT2D eigenvalue weighted by Gasteiger charge is -2.32. The van der Waals surface area contributed by atoms with Gasteiger partial charge in [0.25, 0.3) is 0 Å². The molecule has 0 unspecified atom stereocenters. The van der Waals surface area contributed by atoms with Gasteiger partial charge in [-0.25, -0.2) is 0 Å². The molecule has 114 valence electrons. The van der Waals surface area contributed by atoms with Crippen LogP contribution in [-0.4, -0.2) is 30.0 Å². The average Bonchev–Trinajstić information content (AvgIpc) is 2.58. The molecule has 1 aliphatic rings. The van der Waals surface area contributed by atoms with E-state index in [1.54, 1.807) is 0 Å². The standard InChI is InChI=1S/C16H24BNO3/c1-11-7-6-8-14(18)13(11)9-12(10-19)17-20-15(2,3)16(4,5)21-17/h6-9,19H,10,18H2,1-5H3. The first kappa shape index (κ1) is 16.1. The molecular formula is C16H24BNO3. The summed E-state index contributed by atoms with van der Waals surface area (Å²) in [5.41, 5.74) is 8.47. The minimum absolute atomic E-state index is 0.134. The van der Waals surface area contributed by atoms with Crippen LogP contribution in [0.5, 0.6) is 0 Å². The van der Waals surface area contributed by atoms with E-state index in [-0.39, 0.29) is 6.61 Å². The SMILES string of the molecule is Cc1cccc(N)c1C=C(CO)B1OC(C)(C)C(C)(C)O1. The molecule has 0 bridgehead atoms. The van der Waals surface area contributed by atoms with Crippen molar-refractivity contribution in [3.8, 4) is 0 Å². The van der Waals surface area contributed by atoms with Gasteiger partial charge in [-0.05, 0) is 57.3 Å². The van der Waals surface area contributed by atoms with E-state index in [0.717, 1.165) is 11.1 Å². The zero-order chi connectivity index (χ0) is 15.8. The molecule has 4 nitrogen and oxygen atoms in total. The molecule has 0 atom stereocenters. The molecular weight excluding hydrogens is 265 g/mol. The maximum absolute atomic E-state index is 9.70. The van der Waals surface area contributed by atoms with E-state index in [1.807, 2.05) is 58.9 Å². The quantitative estimate of drug-likeness (QED) is 0.663. The molecule has 1 aromatic rings. The summed E-state index contributed by atoms with van der Waals surface area (Å²) >= 11 is 0. The van der Waals surface area contributed by atoms with Crippen LogP contribution in [0.1, 0.15) is 38.8 Å². The third kappa shape index (κ3) is 3.00. The second kappa shape index (κ2) is 5.48. The van der Waals surface area contributed by atoms with E-state index < -0.39 is 18.3 Å². The van der Waals surface area contributed by atoms with Crippen LogP contribution in [0.2, 0.25) is 0 Å². The molecule has 0 amide bonds. The number of benzene rings is 1. The van der Waals surface area contributed by atoms with Gasteiger partial charge in [-0.2, -0.15) is 0 Å². The fourth-order valence-corrected chi connectivity index (χ4v) is 2.27. The molecule has 21 heavy (non-hydrogen) atoms. The predicted molar refractivity (Wildman–Crippen MR) is 86.7 cm³/mol. The van der Waals surface area contributed by atoms with Crippen molar-refractivity contribution >= 4 is 18.9 Å². The number of hydrogen-bond acceptors (Lipinski definition) is 4. The Hall–Kier alpha value is -1.30. The number of nitrogen functional groups attached to an aromatic ring is 1. The summed E-state index contributed by atoms with van der Waals surface area (Å²) in [4.78, 5) is 0. The normalized spacial score (nSPS) is 20.9. The van der Waals surface area contributed by atoms with Crippen molar-refractivity contribution in [3.63, 3.8) is 0 Å². The monoisotopic (exact) mass is 289 g/mol. The molecule has 0 aliphatic carbocycles. The van der Waals surface area contributed by atoms with Gasteiger partial charge in [-0.3, -0.25) is 0 Å². The third-order valence-corrected chi connectivity index (χ3v) is 4.43. The van der Waals surface area contributed by atoms with Crippen molar-refractivity contribution in [2.45, 2.75) is 45.8 Å². The Balaban J connectivity index is 2.36. The van der Waals surface area contributed by atoms with Crippen molar-refractivity contribution < 1.29 is 14.4 Å². The summed E-state index contributed by atoms with van der Waals surface area (Å²) in [6.45, 7) is 9.81. The van der Waals surface area contributed by atoms with Gasteiger partial charge in [-0.15, -0.1) is 0 Å². The number of anilines is 1. The molecule has 1 heterocycles. The summed E-state index contributed by atoms with van der Waals surface area (Å²) in [5, 5.41) is 9.70. The Kier molecular flexibility index (Phi) is 4.20. The van der Waals surface area contributed by atoms with Crippen LogP contribution in [0.15, 0.2) is 23.7 Å². The number of aryl methyl sites for hydroxylation is 1. The Labute approximate surface area is 127 Å². The molecule has 0 spiro atoms. The van der Waals surface area contributed by atoms with Crippen molar-refractivity contribution in [2.75, 3.05) is 12.3 Å². The van der Waals surface area contributed by atoms with Gasteiger partial charge in [0.15, 0.2) is 0 Å². The summed E-state index contributed by atoms with van der Waals surface area (Å²) in [6.07, 6.45) is 1.87. The highest BCUT2D eigenvalue weighted by Crippen LogP contribution is 2.39. The number of aliphatic hydroxyl groups is 1. The van der Waals surface area contributed by atoms with Gasteiger partial charge in [0.2, 0.25) is 0 Å². The fourth-order valence-electron chi connectivity index (χ4n) is 2.27. The topological polar surface area (TPSA) is 64.7 Å². The second-order valence-corrected chi connectivity index (χ2v) is 6.54. The number of aliphatic hydroxyl groups excluding tert-OH is 1. The Bertz CT molecular complexity index is 530. The van der Waals surface area contributed by atoms with Gasteiger partial charge in [-0.1, -0.05) is 18.2 Å². The van der Waals surface area contributed by atoms with Crippen molar-refractivity contribution in [3.05, 3.63) is 34.8 Å². The largest absolute Gasteiger partial charge is 0.492 e. The molecule has 1 saturated heterocycles. The van der Waals surface area contributed by atoms with Crippen LogP contribution in [0.25, 0.3) is 6.08 Å². The zero-order valence-electron chi connectivity index (χ0n) is 13.4. The van der Waals surface area contributed by atoms with Gasteiger partial charge >= 0.3 is 7.12 Å². The predicted octanol–water partition coefficient (Wildman–Crippen LogP) is 2.58. The van der Waals surface area contributed by atoms with Gasteiger partial charge in [0.05, 0.1) is 17.8 Å². The summed E-state index contributed by atoms with van der Waals surface area (Å²) in [7, 11) is -0.556. The minimum atomic E-state index is -0.556. The van der Waals surface area contributed by atoms with E-state index in [1.165, 1.54) is 0 Å². The lowest BCUT2D eigenvalue weighted by molar-refractivity contribution is 0.00578. The van der Waals surface area contributed by atoms with Crippen LogP contribution in [0.4, 0.5) is 5.69 Å². The van der Waals surface area contributed by atoms with Crippen LogP contribution >= 0.6 is 0 Å². The maximum atomic E-state index is 9.70. The second-order valence-electron chi connectivity index (χ2n) is 6.54. The molecule has 0 saturated carbocycles. The highest BCUT2D eigenvalue weighted by Gasteiger charge is 2.52. The first-order chi connectivity index (χ1) is 9.68. The molecule has 0 radical (unpaired) electrons. The van der Waals surface area contributed by atoms with Crippen LogP contribution < -0.4 is 5.73 Å². The molecule has 5 heteroatoms. The lowest BCUT2D eigenvalue weighted by Crippen LogP contribution is -2.41. The number of nitrogens with two attached hydrogens (primary N) is 1. The van der Waals surface area contributed by atoms with Gasteiger partial charge in [0.1, 0.15) is 0 Å². The first-order valence-electron chi connectivity index (χ1n) is 7.20. The molecule has 2 rings (SSSR count). The Morgan fingerprint density at radius 2 is 1.81 bits per heavy atom. The summed E-state index contributed by atoms with van der Waals surface area (Å²) in [6, 6.07) is 5.74. The highest BCUT2D eigenvalue weighted by molar-refractivity contribution is 6.55. The first-order valence-corrected chi connectivity index (χ1v) is 7.20. The van der Waals surface area contributed by atoms with Crippen LogP contribution in [-0.2, 0) is 9.31 Å². The zero-order valence-corrected chi connectivity index (χ0v) is 13.4. The number of hydrogen-bond donors (Lipinski definition) is 2. The number of rotatable bonds is 3. The van der Waals surface area contributed by atoms with Crippen LogP contribution in [0.3, 0.4) is 0 Å². The molecule has 1 aromatic carbocycles. The molecule has 1 aliphatic heterocycles. The van der Waals surface area contributed by atoms with Crippen LogP contribution in [0, 0.1) is 6.92 Å². The maximum Gasteiger partial charge on any atom is 0.492 e.